The van der Waals surface area contributed by atoms with Crippen LogP contribution in [0.5, 0.6) is 0 Å². The summed E-state index contributed by atoms with van der Waals surface area (Å²) in [5, 5.41) is 6.15. The number of carbonyl (C=O) groups excluding carboxylic acids is 3. The molecule has 0 aliphatic carbocycles. The van der Waals surface area contributed by atoms with Crippen LogP contribution in [0.4, 0.5) is 0 Å². The molecule has 2 rings (SSSR count). The number of rotatable bonds is 11. The highest BCUT2D eigenvalue weighted by molar-refractivity contribution is 5.93. The van der Waals surface area contributed by atoms with Crippen molar-refractivity contribution >= 4 is 17.7 Å². The van der Waals surface area contributed by atoms with E-state index in [1.165, 1.54) is 0 Å². The first-order chi connectivity index (χ1) is 17.8. The van der Waals surface area contributed by atoms with Gasteiger partial charge in [-0.15, -0.1) is 0 Å². The van der Waals surface area contributed by atoms with Crippen LogP contribution in [-0.4, -0.2) is 65.3 Å². The highest BCUT2D eigenvalue weighted by Crippen LogP contribution is 2.22. The summed E-state index contributed by atoms with van der Waals surface area (Å²) in [6.45, 7) is 16.9. The number of likely N-dealkylation sites (N-methyl/N-ethyl adjacent to an activating group) is 1. The molecule has 0 bridgehead atoms. The summed E-state index contributed by atoms with van der Waals surface area (Å²) in [4.78, 5) is 44.0. The number of carbonyl (C=O) groups is 3. The van der Waals surface area contributed by atoms with Crippen LogP contribution in [0, 0.1) is 11.8 Å². The molecule has 1 heterocycles. The van der Waals surface area contributed by atoms with Crippen molar-refractivity contribution in [3.8, 4) is 0 Å². The van der Waals surface area contributed by atoms with Crippen molar-refractivity contribution in [3.05, 3.63) is 47.5 Å². The van der Waals surface area contributed by atoms with Crippen LogP contribution < -0.4 is 10.6 Å². The van der Waals surface area contributed by atoms with Crippen LogP contribution in [0.3, 0.4) is 0 Å². The molecule has 0 saturated carbocycles. The first-order valence-corrected chi connectivity index (χ1v) is 14.2. The molecule has 1 aromatic carbocycles. The van der Waals surface area contributed by atoms with Gasteiger partial charge in [-0.2, -0.15) is 0 Å². The molecule has 0 unspecified atom stereocenters. The molecule has 1 saturated heterocycles. The Kier molecular flexibility index (Phi) is 12.0. The average molecular weight is 527 g/mol. The van der Waals surface area contributed by atoms with E-state index in [1.54, 1.807) is 18.9 Å². The van der Waals surface area contributed by atoms with Gasteiger partial charge in [-0.05, 0) is 64.5 Å². The lowest BCUT2D eigenvalue weighted by molar-refractivity contribution is -0.140. The lowest BCUT2D eigenvalue weighted by Crippen LogP contribution is -2.58. The third-order valence-electron chi connectivity index (χ3n) is 7.64. The molecular formula is C31H50N4O3. The molecule has 38 heavy (non-hydrogen) atoms. The second kappa shape index (κ2) is 14.5. The zero-order chi connectivity index (χ0) is 28.6. The second-order valence-electron chi connectivity index (χ2n) is 11.7. The number of hydrogen-bond donors (Lipinski definition) is 2. The van der Waals surface area contributed by atoms with E-state index < -0.39 is 6.04 Å². The maximum absolute atomic E-state index is 13.7. The fourth-order valence-corrected chi connectivity index (χ4v) is 5.20. The van der Waals surface area contributed by atoms with Crippen molar-refractivity contribution in [2.45, 2.75) is 105 Å². The predicted molar refractivity (Wildman–Crippen MR) is 154 cm³/mol. The first-order valence-electron chi connectivity index (χ1n) is 14.2. The van der Waals surface area contributed by atoms with Gasteiger partial charge < -0.3 is 15.5 Å². The lowest BCUT2D eigenvalue weighted by Gasteiger charge is -2.39. The SMILES string of the molecule is C/C(=C\[C@H](C(C)C)N(C)C(=O)[C@@H](NC(=O)[C@H]1CCCCN1C(C)C)C(C)C)C(=O)N[C@H](C)c1ccccc1. The summed E-state index contributed by atoms with van der Waals surface area (Å²) >= 11 is 0. The first kappa shape index (κ1) is 31.5. The molecule has 7 nitrogen and oxygen atoms in total. The minimum absolute atomic E-state index is 0.0686. The van der Waals surface area contributed by atoms with Gasteiger partial charge in [0.05, 0.1) is 18.1 Å². The van der Waals surface area contributed by atoms with Crippen molar-refractivity contribution in [1.82, 2.24) is 20.4 Å². The monoisotopic (exact) mass is 526 g/mol. The Bertz CT molecular complexity index is 957. The summed E-state index contributed by atoms with van der Waals surface area (Å²) < 4.78 is 0. The summed E-state index contributed by atoms with van der Waals surface area (Å²) in [7, 11) is 1.77. The average Bonchev–Trinajstić information content (AvgIpc) is 2.89. The summed E-state index contributed by atoms with van der Waals surface area (Å²) in [6, 6.07) is 8.84. The van der Waals surface area contributed by atoms with Crippen molar-refractivity contribution in [2.75, 3.05) is 13.6 Å². The Hall–Kier alpha value is -2.67. The van der Waals surface area contributed by atoms with Crippen LogP contribution in [0.25, 0.3) is 0 Å². The molecule has 0 radical (unpaired) electrons. The number of likely N-dealkylation sites (tertiary alicyclic amines) is 1. The molecule has 1 fully saturated rings. The molecule has 212 valence electrons. The second-order valence-corrected chi connectivity index (χ2v) is 11.7. The van der Waals surface area contributed by atoms with Crippen LogP contribution in [0.15, 0.2) is 42.0 Å². The molecule has 1 aromatic rings. The number of piperidine rings is 1. The molecule has 3 amide bonds. The maximum atomic E-state index is 13.7. The largest absolute Gasteiger partial charge is 0.346 e. The summed E-state index contributed by atoms with van der Waals surface area (Å²) in [5.74, 6) is -0.357. The molecule has 0 spiro atoms. The zero-order valence-corrected chi connectivity index (χ0v) is 25.0. The number of benzene rings is 1. The van der Waals surface area contributed by atoms with Gasteiger partial charge in [-0.3, -0.25) is 19.3 Å². The maximum Gasteiger partial charge on any atom is 0.247 e. The van der Waals surface area contributed by atoms with Crippen LogP contribution in [0.2, 0.25) is 0 Å². The summed E-state index contributed by atoms with van der Waals surface area (Å²) in [5.41, 5.74) is 1.59. The Morgan fingerprint density at radius 3 is 2.13 bits per heavy atom. The molecule has 2 N–H and O–H groups in total. The molecular weight excluding hydrogens is 476 g/mol. The topological polar surface area (TPSA) is 81.8 Å². The van der Waals surface area contributed by atoms with E-state index in [2.05, 4.69) is 29.4 Å². The van der Waals surface area contributed by atoms with Crippen molar-refractivity contribution in [3.63, 3.8) is 0 Å². The molecule has 0 aromatic heterocycles. The van der Waals surface area contributed by atoms with E-state index in [-0.39, 0.29) is 53.7 Å². The number of amides is 3. The predicted octanol–water partition coefficient (Wildman–Crippen LogP) is 4.70. The van der Waals surface area contributed by atoms with Crippen molar-refractivity contribution in [1.29, 1.82) is 0 Å². The van der Waals surface area contributed by atoms with Crippen LogP contribution in [-0.2, 0) is 14.4 Å². The Balaban J connectivity index is 2.16. The number of nitrogens with zero attached hydrogens (tertiary/aromatic N) is 2. The van der Waals surface area contributed by atoms with E-state index in [0.717, 1.165) is 31.4 Å². The lowest BCUT2D eigenvalue weighted by atomic mass is 9.95. The quantitative estimate of drug-likeness (QED) is 0.410. The van der Waals surface area contributed by atoms with Gasteiger partial charge in [0.2, 0.25) is 17.7 Å². The third kappa shape index (κ3) is 8.42. The van der Waals surface area contributed by atoms with Gasteiger partial charge in [-0.25, -0.2) is 0 Å². The standard InChI is InChI=1S/C31H50N4O3/c1-20(2)27(19-23(7)29(36)32-24(8)25-15-11-10-12-16-25)34(9)31(38)28(21(3)4)33-30(37)26-17-13-14-18-35(26)22(5)6/h10-12,15-16,19-22,24,26-28H,13-14,17-18H2,1-9H3,(H,32,36)(H,33,37)/b23-19+/t24-,26-,27-,28+/m1/s1. The highest BCUT2D eigenvalue weighted by Gasteiger charge is 2.36. The summed E-state index contributed by atoms with van der Waals surface area (Å²) in [6.07, 6.45) is 4.80. The Morgan fingerprint density at radius 2 is 1.58 bits per heavy atom. The zero-order valence-electron chi connectivity index (χ0n) is 25.0. The van der Waals surface area contributed by atoms with E-state index in [1.807, 2.05) is 71.0 Å². The molecule has 4 atom stereocenters. The van der Waals surface area contributed by atoms with E-state index >= 15 is 0 Å². The van der Waals surface area contributed by atoms with E-state index in [0.29, 0.717) is 5.57 Å². The molecule has 1 aliphatic rings. The third-order valence-corrected chi connectivity index (χ3v) is 7.64. The normalized spacial score (nSPS) is 19.3. The Morgan fingerprint density at radius 1 is 0.947 bits per heavy atom. The molecule has 7 heteroatoms. The Labute approximate surface area is 230 Å². The minimum atomic E-state index is -0.634. The smallest absolute Gasteiger partial charge is 0.247 e. The van der Waals surface area contributed by atoms with Gasteiger partial charge >= 0.3 is 0 Å². The van der Waals surface area contributed by atoms with Gasteiger partial charge in [0.15, 0.2) is 0 Å². The van der Waals surface area contributed by atoms with Gasteiger partial charge in [0, 0.05) is 18.7 Å². The van der Waals surface area contributed by atoms with Gasteiger partial charge in [0.25, 0.3) is 0 Å². The van der Waals surface area contributed by atoms with Gasteiger partial charge in [0.1, 0.15) is 6.04 Å². The van der Waals surface area contributed by atoms with E-state index in [4.69, 9.17) is 0 Å². The minimum Gasteiger partial charge on any atom is -0.346 e. The van der Waals surface area contributed by atoms with Crippen molar-refractivity contribution in [2.24, 2.45) is 11.8 Å². The van der Waals surface area contributed by atoms with Crippen LogP contribution >= 0.6 is 0 Å². The fourth-order valence-electron chi connectivity index (χ4n) is 5.20. The van der Waals surface area contributed by atoms with Crippen LogP contribution in [0.1, 0.15) is 86.3 Å². The highest BCUT2D eigenvalue weighted by atomic mass is 16.2. The van der Waals surface area contributed by atoms with Gasteiger partial charge in [-0.1, -0.05) is 70.5 Å². The number of nitrogens with one attached hydrogen (secondary N) is 2. The number of hydrogen-bond acceptors (Lipinski definition) is 4. The van der Waals surface area contributed by atoms with Crippen molar-refractivity contribution < 1.29 is 14.4 Å². The fraction of sp³-hybridized carbons (Fsp3) is 0.645. The molecule has 1 aliphatic heterocycles. The van der Waals surface area contributed by atoms with E-state index in [9.17, 15) is 14.4 Å².